The molecule has 0 saturated carbocycles. The summed E-state index contributed by atoms with van der Waals surface area (Å²) in [5.74, 6) is -1.66. The number of carboxylic acids is 1. The smallest absolute Gasteiger partial charge is 0.333 e. The third-order valence-electron chi connectivity index (χ3n) is 2.80. The Labute approximate surface area is 93.5 Å². The van der Waals surface area contributed by atoms with Crippen LogP contribution in [-0.2, 0) is 10.2 Å². The highest BCUT2D eigenvalue weighted by atomic mass is 19.1. The first-order valence-corrected chi connectivity index (χ1v) is 4.94. The molecule has 0 bridgehead atoms. The maximum Gasteiger partial charge on any atom is 0.333 e. The van der Waals surface area contributed by atoms with E-state index in [2.05, 4.69) is 0 Å². The van der Waals surface area contributed by atoms with Crippen LogP contribution in [0.1, 0.15) is 25.0 Å². The lowest BCUT2D eigenvalue weighted by molar-refractivity contribution is -0.150. The lowest BCUT2D eigenvalue weighted by atomic mass is 9.77. The monoisotopic (exact) mass is 226 g/mol. The highest BCUT2D eigenvalue weighted by Crippen LogP contribution is 2.30. The lowest BCUT2D eigenvalue weighted by Crippen LogP contribution is -2.40. The molecule has 0 aliphatic carbocycles. The number of aliphatic hydroxyl groups excluding tert-OH is 1. The second-order valence-corrected chi connectivity index (χ2v) is 4.42. The van der Waals surface area contributed by atoms with Gasteiger partial charge in [0.2, 0.25) is 0 Å². The van der Waals surface area contributed by atoms with Gasteiger partial charge in [-0.25, -0.2) is 9.18 Å². The second-order valence-electron chi connectivity index (χ2n) is 4.42. The van der Waals surface area contributed by atoms with Crippen molar-refractivity contribution >= 4 is 5.97 Å². The Morgan fingerprint density at radius 2 is 2.00 bits per heavy atom. The summed E-state index contributed by atoms with van der Waals surface area (Å²) in [4.78, 5) is 10.8. The second kappa shape index (κ2) is 4.22. The maximum absolute atomic E-state index is 12.9. The summed E-state index contributed by atoms with van der Waals surface area (Å²) >= 11 is 0. The predicted molar refractivity (Wildman–Crippen MR) is 57.8 cm³/mol. The number of aryl methyl sites for hydroxylation is 1. The quantitative estimate of drug-likeness (QED) is 0.827. The van der Waals surface area contributed by atoms with Gasteiger partial charge in [0.15, 0.2) is 6.10 Å². The van der Waals surface area contributed by atoms with E-state index in [1.54, 1.807) is 20.8 Å². The van der Waals surface area contributed by atoms with Gasteiger partial charge < -0.3 is 10.2 Å². The minimum absolute atomic E-state index is 0.373. The first-order chi connectivity index (χ1) is 7.26. The number of aliphatic hydroxyl groups is 1. The summed E-state index contributed by atoms with van der Waals surface area (Å²) in [5.41, 5.74) is 0.304. The molecule has 1 aromatic carbocycles. The number of rotatable bonds is 3. The van der Waals surface area contributed by atoms with Crippen LogP contribution in [0, 0.1) is 12.7 Å². The largest absolute Gasteiger partial charge is 0.479 e. The number of hydrogen-bond acceptors (Lipinski definition) is 2. The van der Waals surface area contributed by atoms with Crippen molar-refractivity contribution < 1.29 is 19.4 Å². The van der Waals surface area contributed by atoms with Crippen LogP contribution in [0.4, 0.5) is 4.39 Å². The molecule has 0 aliphatic heterocycles. The molecule has 0 spiro atoms. The van der Waals surface area contributed by atoms with Crippen LogP contribution in [0.2, 0.25) is 0 Å². The van der Waals surface area contributed by atoms with Gasteiger partial charge in [-0.1, -0.05) is 19.9 Å². The van der Waals surface area contributed by atoms with E-state index < -0.39 is 17.5 Å². The zero-order valence-corrected chi connectivity index (χ0v) is 9.49. The number of halogens is 1. The van der Waals surface area contributed by atoms with E-state index in [1.165, 1.54) is 18.2 Å². The molecule has 88 valence electrons. The summed E-state index contributed by atoms with van der Waals surface area (Å²) < 4.78 is 12.9. The fraction of sp³-hybridized carbons (Fsp3) is 0.417. The number of carboxylic acid groups (broad SMARTS) is 1. The molecule has 1 rings (SSSR count). The number of carbonyl (C=O) groups is 1. The van der Waals surface area contributed by atoms with E-state index in [1.807, 2.05) is 0 Å². The summed E-state index contributed by atoms with van der Waals surface area (Å²) in [6.45, 7) is 4.92. The van der Waals surface area contributed by atoms with E-state index in [0.29, 0.717) is 11.1 Å². The van der Waals surface area contributed by atoms with Crippen molar-refractivity contribution in [3.63, 3.8) is 0 Å². The van der Waals surface area contributed by atoms with Crippen molar-refractivity contribution in [3.8, 4) is 0 Å². The molecule has 1 atom stereocenters. The van der Waals surface area contributed by atoms with Crippen molar-refractivity contribution in [2.45, 2.75) is 32.3 Å². The minimum Gasteiger partial charge on any atom is -0.479 e. The van der Waals surface area contributed by atoms with Gasteiger partial charge in [0.25, 0.3) is 0 Å². The zero-order valence-electron chi connectivity index (χ0n) is 9.49. The van der Waals surface area contributed by atoms with Crippen molar-refractivity contribution in [2.75, 3.05) is 0 Å². The average molecular weight is 226 g/mol. The molecule has 0 heterocycles. The van der Waals surface area contributed by atoms with Crippen molar-refractivity contribution in [1.82, 2.24) is 0 Å². The number of benzene rings is 1. The predicted octanol–water partition coefficient (Wildman–Crippen LogP) is 1.86. The van der Waals surface area contributed by atoms with Crippen LogP contribution in [-0.4, -0.2) is 22.3 Å². The Morgan fingerprint density at radius 3 is 2.44 bits per heavy atom. The molecule has 0 radical (unpaired) electrons. The van der Waals surface area contributed by atoms with E-state index in [0.717, 1.165) is 0 Å². The standard InChI is InChI=1S/C12H15FO3/c1-7-6-8(13)4-5-9(7)12(2,3)10(14)11(15)16/h4-6,10,14H,1-3H3,(H,15,16). The van der Waals surface area contributed by atoms with Crippen LogP contribution in [0.3, 0.4) is 0 Å². The Morgan fingerprint density at radius 1 is 1.44 bits per heavy atom. The highest BCUT2D eigenvalue weighted by Gasteiger charge is 2.36. The van der Waals surface area contributed by atoms with Gasteiger partial charge in [-0.15, -0.1) is 0 Å². The zero-order chi connectivity index (χ0) is 12.5. The van der Waals surface area contributed by atoms with Crippen LogP contribution in [0.5, 0.6) is 0 Å². The molecule has 3 nitrogen and oxygen atoms in total. The van der Waals surface area contributed by atoms with Crippen molar-refractivity contribution in [2.24, 2.45) is 0 Å². The number of hydrogen-bond donors (Lipinski definition) is 2. The SMILES string of the molecule is Cc1cc(F)ccc1C(C)(C)C(O)C(=O)O. The average Bonchev–Trinajstić information content (AvgIpc) is 2.15. The van der Waals surface area contributed by atoms with E-state index >= 15 is 0 Å². The molecule has 4 heteroatoms. The molecule has 0 aliphatic rings. The van der Waals surface area contributed by atoms with E-state index in [4.69, 9.17) is 5.11 Å². The van der Waals surface area contributed by atoms with Gasteiger partial charge >= 0.3 is 5.97 Å². The van der Waals surface area contributed by atoms with Gasteiger partial charge in [0, 0.05) is 5.41 Å². The van der Waals surface area contributed by atoms with Crippen molar-refractivity contribution in [1.29, 1.82) is 0 Å². The Kier molecular flexibility index (Phi) is 3.33. The third kappa shape index (κ3) is 2.22. The first kappa shape index (κ1) is 12.6. The van der Waals surface area contributed by atoms with Crippen LogP contribution < -0.4 is 0 Å². The number of aliphatic carboxylic acids is 1. The summed E-state index contributed by atoms with van der Waals surface area (Å²) in [6, 6.07) is 4.10. The Balaban J connectivity index is 3.21. The van der Waals surface area contributed by atoms with Crippen LogP contribution in [0.25, 0.3) is 0 Å². The molecule has 1 aromatic rings. The molecule has 1 unspecified atom stereocenters. The fourth-order valence-corrected chi connectivity index (χ4v) is 1.81. The van der Waals surface area contributed by atoms with Gasteiger partial charge in [-0.2, -0.15) is 0 Å². The van der Waals surface area contributed by atoms with Crippen LogP contribution >= 0.6 is 0 Å². The van der Waals surface area contributed by atoms with E-state index in [-0.39, 0.29) is 5.82 Å². The van der Waals surface area contributed by atoms with Crippen LogP contribution in [0.15, 0.2) is 18.2 Å². The lowest BCUT2D eigenvalue weighted by Gasteiger charge is -2.29. The molecule has 2 N–H and O–H groups in total. The van der Waals surface area contributed by atoms with Gasteiger partial charge in [0.05, 0.1) is 0 Å². The molecular formula is C12H15FO3. The van der Waals surface area contributed by atoms with Gasteiger partial charge in [-0.05, 0) is 30.2 Å². The van der Waals surface area contributed by atoms with Gasteiger partial charge in [-0.3, -0.25) is 0 Å². The summed E-state index contributed by atoms with van der Waals surface area (Å²) in [5, 5.41) is 18.4. The molecule has 0 saturated heterocycles. The topological polar surface area (TPSA) is 57.5 Å². The van der Waals surface area contributed by atoms with E-state index in [9.17, 15) is 14.3 Å². The Bertz CT molecular complexity index is 413. The van der Waals surface area contributed by atoms with Gasteiger partial charge in [0.1, 0.15) is 5.82 Å². The minimum atomic E-state index is -1.52. The normalized spacial score (nSPS) is 13.6. The molecule has 0 fully saturated rings. The fourth-order valence-electron chi connectivity index (χ4n) is 1.81. The molecule has 0 amide bonds. The highest BCUT2D eigenvalue weighted by molar-refractivity contribution is 5.74. The summed E-state index contributed by atoms with van der Waals surface area (Å²) in [7, 11) is 0. The maximum atomic E-state index is 12.9. The summed E-state index contributed by atoms with van der Waals surface area (Å²) in [6.07, 6.45) is -1.52. The third-order valence-corrected chi connectivity index (χ3v) is 2.80. The Hall–Kier alpha value is -1.42. The first-order valence-electron chi connectivity index (χ1n) is 4.94. The molecular weight excluding hydrogens is 211 g/mol. The van der Waals surface area contributed by atoms with Crippen molar-refractivity contribution in [3.05, 3.63) is 35.1 Å². The molecule has 16 heavy (non-hydrogen) atoms. The molecule has 0 aromatic heterocycles.